The molecule has 6 nitrogen and oxygen atoms in total. The zero-order chi connectivity index (χ0) is 38.7. The lowest BCUT2D eigenvalue weighted by molar-refractivity contribution is -0.143. The number of amides is 1. The van der Waals surface area contributed by atoms with Gasteiger partial charge in [-0.25, -0.2) is 0 Å². The first-order valence-electron chi connectivity index (χ1n) is 23.1. The van der Waals surface area contributed by atoms with Gasteiger partial charge < -0.3 is 20.3 Å². The molecule has 0 radical (unpaired) electrons. The molecular formula is C47H89NO5. The molecule has 0 heterocycles. The molecule has 0 aliphatic heterocycles. The van der Waals surface area contributed by atoms with Crippen LogP contribution in [0.2, 0.25) is 0 Å². The molecule has 53 heavy (non-hydrogen) atoms. The average molecular weight is 748 g/mol. The van der Waals surface area contributed by atoms with Crippen molar-refractivity contribution in [3.05, 3.63) is 24.3 Å². The standard InChI is InChI=1S/C47H89NO5/c1-3-5-7-9-11-13-15-17-21-25-29-33-37-41-47(52)53-42-38-34-30-26-22-19-16-18-20-24-28-32-36-40-46(51)48-44(43-49)45(50)39-35-31-27-23-14-12-10-8-6-4-2/h18,20,28,32,44-45,49-50H,3-17,19,21-27,29-31,33-43H2,1-2H3,(H,48,51)/b20-18-,32-28-. The lowest BCUT2D eigenvalue weighted by atomic mass is 10.0. The molecule has 6 heteroatoms. The number of allylic oxidation sites excluding steroid dienone is 4. The molecular weight excluding hydrogens is 659 g/mol. The number of carbonyl (C=O) groups is 2. The number of unbranched alkanes of at least 4 members (excludes halogenated alkanes) is 27. The largest absolute Gasteiger partial charge is 0.466 e. The summed E-state index contributed by atoms with van der Waals surface area (Å²) in [5, 5.41) is 23.0. The fraction of sp³-hybridized carbons (Fsp3) is 0.872. The third kappa shape index (κ3) is 39.8. The number of carbonyl (C=O) groups excluding carboxylic acids is 2. The van der Waals surface area contributed by atoms with Gasteiger partial charge in [-0.1, -0.05) is 205 Å². The molecule has 0 aromatic rings. The van der Waals surface area contributed by atoms with Crippen LogP contribution in [0.15, 0.2) is 24.3 Å². The van der Waals surface area contributed by atoms with Crippen LogP contribution in [0.25, 0.3) is 0 Å². The maximum Gasteiger partial charge on any atom is 0.305 e. The van der Waals surface area contributed by atoms with Crippen molar-refractivity contribution in [1.29, 1.82) is 0 Å². The van der Waals surface area contributed by atoms with Crippen LogP contribution >= 0.6 is 0 Å². The van der Waals surface area contributed by atoms with Crippen molar-refractivity contribution >= 4 is 11.9 Å². The summed E-state index contributed by atoms with van der Waals surface area (Å²) in [5.41, 5.74) is 0. The quantitative estimate of drug-likeness (QED) is 0.0328. The summed E-state index contributed by atoms with van der Waals surface area (Å²) < 4.78 is 5.44. The number of ether oxygens (including phenoxy) is 1. The molecule has 0 bridgehead atoms. The van der Waals surface area contributed by atoms with E-state index in [0.717, 1.165) is 51.4 Å². The first-order valence-corrected chi connectivity index (χ1v) is 23.1. The van der Waals surface area contributed by atoms with Crippen molar-refractivity contribution in [1.82, 2.24) is 5.32 Å². The van der Waals surface area contributed by atoms with E-state index >= 15 is 0 Å². The number of nitrogens with one attached hydrogen (secondary N) is 1. The van der Waals surface area contributed by atoms with Gasteiger partial charge in [-0.2, -0.15) is 0 Å². The Kier molecular flexibility index (Phi) is 41.7. The molecule has 0 spiro atoms. The monoisotopic (exact) mass is 748 g/mol. The summed E-state index contributed by atoms with van der Waals surface area (Å²) in [4.78, 5) is 24.3. The minimum absolute atomic E-state index is 0.0163. The summed E-state index contributed by atoms with van der Waals surface area (Å²) in [6.07, 6.45) is 48.6. The Hall–Kier alpha value is -1.66. The Morgan fingerprint density at radius 2 is 0.962 bits per heavy atom. The molecule has 0 aliphatic rings. The summed E-state index contributed by atoms with van der Waals surface area (Å²) in [7, 11) is 0. The molecule has 3 N–H and O–H groups in total. The minimum Gasteiger partial charge on any atom is -0.466 e. The zero-order valence-electron chi connectivity index (χ0n) is 35.2. The Labute approximate surface area is 329 Å². The second-order valence-corrected chi connectivity index (χ2v) is 15.7. The van der Waals surface area contributed by atoms with E-state index in [4.69, 9.17) is 4.74 Å². The maximum atomic E-state index is 12.3. The van der Waals surface area contributed by atoms with E-state index < -0.39 is 12.1 Å². The Morgan fingerprint density at radius 3 is 1.47 bits per heavy atom. The first-order chi connectivity index (χ1) is 26.0. The van der Waals surface area contributed by atoms with Gasteiger partial charge in [-0.15, -0.1) is 0 Å². The molecule has 0 aromatic heterocycles. The van der Waals surface area contributed by atoms with Crippen molar-refractivity contribution < 1.29 is 24.5 Å². The summed E-state index contributed by atoms with van der Waals surface area (Å²) >= 11 is 0. The Morgan fingerprint density at radius 1 is 0.528 bits per heavy atom. The molecule has 0 saturated carbocycles. The summed E-state index contributed by atoms with van der Waals surface area (Å²) in [5.74, 6) is -0.134. The second-order valence-electron chi connectivity index (χ2n) is 15.7. The van der Waals surface area contributed by atoms with Gasteiger partial charge >= 0.3 is 5.97 Å². The molecule has 1 amide bonds. The fourth-order valence-corrected chi connectivity index (χ4v) is 6.92. The molecule has 0 fully saturated rings. The molecule has 0 saturated heterocycles. The molecule has 0 aromatic carbocycles. The highest BCUT2D eigenvalue weighted by Crippen LogP contribution is 2.15. The van der Waals surface area contributed by atoms with E-state index in [9.17, 15) is 19.8 Å². The van der Waals surface area contributed by atoms with Crippen LogP contribution in [0.3, 0.4) is 0 Å². The number of hydrogen-bond acceptors (Lipinski definition) is 5. The van der Waals surface area contributed by atoms with Crippen LogP contribution in [0.5, 0.6) is 0 Å². The SMILES string of the molecule is CCCCCCCCCCCCCCCC(=O)OCCCCCCCC/C=C\C/C=C\CCC(=O)NC(CO)C(O)CCCCCCCCCCCC. The van der Waals surface area contributed by atoms with Crippen LogP contribution in [0, 0.1) is 0 Å². The number of aliphatic hydroxyl groups excluding tert-OH is 2. The van der Waals surface area contributed by atoms with Crippen LogP contribution in [0.1, 0.15) is 239 Å². The highest BCUT2D eigenvalue weighted by atomic mass is 16.5. The van der Waals surface area contributed by atoms with E-state index in [-0.39, 0.29) is 18.5 Å². The van der Waals surface area contributed by atoms with Gasteiger partial charge in [0.1, 0.15) is 0 Å². The van der Waals surface area contributed by atoms with Crippen LogP contribution in [0.4, 0.5) is 0 Å². The lowest BCUT2D eigenvalue weighted by Crippen LogP contribution is -2.45. The van der Waals surface area contributed by atoms with Crippen molar-refractivity contribution in [2.75, 3.05) is 13.2 Å². The highest BCUT2D eigenvalue weighted by Gasteiger charge is 2.19. The zero-order valence-corrected chi connectivity index (χ0v) is 35.2. The van der Waals surface area contributed by atoms with Gasteiger partial charge in [0.2, 0.25) is 5.91 Å². The first kappa shape index (κ1) is 51.3. The van der Waals surface area contributed by atoms with Gasteiger partial charge in [0.15, 0.2) is 0 Å². The third-order valence-electron chi connectivity index (χ3n) is 10.5. The van der Waals surface area contributed by atoms with E-state index in [2.05, 4.69) is 37.4 Å². The maximum absolute atomic E-state index is 12.3. The van der Waals surface area contributed by atoms with Gasteiger partial charge in [0.05, 0.1) is 25.4 Å². The average Bonchev–Trinajstić information content (AvgIpc) is 3.16. The van der Waals surface area contributed by atoms with Crippen molar-refractivity contribution in [2.24, 2.45) is 0 Å². The summed E-state index contributed by atoms with van der Waals surface area (Å²) in [6, 6.07) is -0.582. The van der Waals surface area contributed by atoms with Crippen molar-refractivity contribution in [3.63, 3.8) is 0 Å². The predicted octanol–water partition coefficient (Wildman–Crippen LogP) is 13.2. The molecule has 0 aliphatic carbocycles. The van der Waals surface area contributed by atoms with Crippen LogP contribution in [-0.2, 0) is 14.3 Å². The highest BCUT2D eigenvalue weighted by molar-refractivity contribution is 5.76. The number of esters is 1. The van der Waals surface area contributed by atoms with Crippen LogP contribution < -0.4 is 5.32 Å². The molecule has 0 rings (SSSR count). The Balaban J connectivity index is 3.54. The van der Waals surface area contributed by atoms with Gasteiger partial charge in [-0.05, 0) is 44.9 Å². The topological polar surface area (TPSA) is 95.9 Å². The van der Waals surface area contributed by atoms with E-state index in [0.29, 0.717) is 32.3 Å². The minimum atomic E-state index is -0.696. The van der Waals surface area contributed by atoms with E-state index in [1.807, 2.05) is 6.08 Å². The predicted molar refractivity (Wildman–Crippen MR) is 227 cm³/mol. The summed E-state index contributed by atoms with van der Waals surface area (Å²) in [6.45, 7) is 4.86. The number of aliphatic hydroxyl groups is 2. The molecule has 312 valence electrons. The van der Waals surface area contributed by atoms with Gasteiger partial charge in [0, 0.05) is 12.8 Å². The second kappa shape index (κ2) is 43.1. The number of hydrogen-bond donors (Lipinski definition) is 3. The molecule has 2 unspecified atom stereocenters. The molecule has 2 atom stereocenters. The lowest BCUT2D eigenvalue weighted by Gasteiger charge is -2.22. The van der Waals surface area contributed by atoms with Gasteiger partial charge in [0.25, 0.3) is 0 Å². The normalized spacial score (nSPS) is 12.9. The third-order valence-corrected chi connectivity index (χ3v) is 10.5. The van der Waals surface area contributed by atoms with E-state index in [1.54, 1.807) is 0 Å². The van der Waals surface area contributed by atoms with Crippen molar-refractivity contribution in [3.8, 4) is 0 Å². The Bertz CT molecular complexity index is 828. The van der Waals surface area contributed by atoms with Gasteiger partial charge in [-0.3, -0.25) is 9.59 Å². The van der Waals surface area contributed by atoms with Crippen molar-refractivity contribution in [2.45, 2.75) is 251 Å². The fourth-order valence-electron chi connectivity index (χ4n) is 6.92. The number of rotatable bonds is 42. The van der Waals surface area contributed by atoms with Crippen LogP contribution in [-0.4, -0.2) is 47.4 Å². The smallest absolute Gasteiger partial charge is 0.305 e. The van der Waals surface area contributed by atoms with E-state index in [1.165, 1.54) is 148 Å².